The lowest BCUT2D eigenvalue weighted by molar-refractivity contribution is 0.384. The Bertz CT molecular complexity index is 359. The van der Waals surface area contributed by atoms with E-state index < -0.39 is 0 Å². The molecule has 1 unspecified atom stereocenters. The third kappa shape index (κ3) is 3.51. The molecule has 0 saturated carbocycles. The average molecular weight is 222 g/mol. The van der Waals surface area contributed by atoms with Gasteiger partial charge in [0.15, 0.2) is 0 Å². The molecule has 0 radical (unpaired) electrons. The van der Waals surface area contributed by atoms with E-state index >= 15 is 0 Å². The Morgan fingerprint density at radius 1 is 1.38 bits per heavy atom. The minimum Gasteiger partial charge on any atom is -0.507 e. The first kappa shape index (κ1) is 13.0. The SMILES string of the molecule is Cc1cc(CC(C)N)cc(CN(C)C)c1O. The normalized spacial score (nSPS) is 13.1. The fourth-order valence-corrected chi connectivity index (χ4v) is 1.88. The van der Waals surface area contributed by atoms with Crippen LogP contribution in [-0.4, -0.2) is 30.1 Å². The minimum atomic E-state index is 0.149. The molecular formula is C13H22N2O. The van der Waals surface area contributed by atoms with E-state index in [9.17, 15) is 5.11 Å². The standard InChI is InChI=1S/C13H22N2O/c1-9-5-11(6-10(2)14)7-12(13(9)16)8-15(3)4/h5,7,10,16H,6,8,14H2,1-4H3. The molecule has 3 N–H and O–H groups in total. The average Bonchev–Trinajstić information content (AvgIpc) is 2.11. The number of nitrogens with two attached hydrogens (primary N) is 1. The quantitative estimate of drug-likeness (QED) is 0.814. The van der Waals surface area contributed by atoms with Crippen LogP contribution in [0.2, 0.25) is 0 Å². The number of hydrogen-bond acceptors (Lipinski definition) is 3. The Kier molecular flexibility index (Phi) is 4.33. The molecule has 0 spiro atoms. The molecule has 16 heavy (non-hydrogen) atoms. The molecule has 0 fully saturated rings. The maximum atomic E-state index is 9.95. The molecule has 1 aromatic carbocycles. The Balaban J connectivity index is 3.01. The largest absolute Gasteiger partial charge is 0.507 e. The second kappa shape index (κ2) is 5.32. The molecule has 0 aliphatic rings. The van der Waals surface area contributed by atoms with Gasteiger partial charge in [0.25, 0.3) is 0 Å². The summed E-state index contributed by atoms with van der Waals surface area (Å²) in [5.74, 6) is 0.405. The van der Waals surface area contributed by atoms with Crippen molar-refractivity contribution in [2.45, 2.75) is 32.9 Å². The van der Waals surface area contributed by atoms with Gasteiger partial charge in [-0.1, -0.05) is 12.1 Å². The van der Waals surface area contributed by atoms with E-state index in [0.717, 1.165) is 24.1 Å². The predicted octanol–water partition coefficient (Wildman–Crippen LogP) is 1.65. The van der Waals surface area contributed by atoms with Crippen LogP contribution in [-0.2, 0) is 13.0 Å². The number of benzene rings is 1. The fraction of sp³-hybridized carbons (Fsp3) is 0.538. The summed E-state index contributed by atoms with van der Waals surface area (Å²) in [4.78, 5) is 2.05. The van der Waals surface area contributed by atoms with Gasteiger partial charge in [0, 0.05) is 18.2 Å². The van der Waals surface area contributed by atoms with E-state index in [0.29, 0.717) is 5.75 Å². The highest BCUT2D eigenvalue weighted by atomic mass is 16.3. The van der Waals surface area contributed by atoms with Crippen molar-refractivity contribution in [3.8, 4) is 5.75 Å². The van der Waals surface area contributed by atoms with Crippen molar-refractivity contribution in [3.05, 3.63) is 28.8 Å². The van der Waals surface area contributed by atoms with Crippen molar-refractivity contribution >= 4 is 0 Å². The van der Waals surface area contributed by atoms with Crippen LogP contribution >= 0.6 is 0 Å². The van der Waals surface area contributed by atoms with Gasteiger partial charge in [-0.3, -0.25) is 0 Å². The van der Waals surface area contributed by atoms with Crippen molar-refractivity contribution in [3.63, 3.8) is 0 Å². The van der Waals surface area contributed by atoms with Crippen LogP contribution in [0, 0.1) is 6.92 Å². The molecule has 0 aromatic heterocycles. The Morgan fingerprint density at radius 3 is 2.50 bits per heavy atom. The predicted molar refractivity (Wildman–Crippen MR) is 67.6 cm³/mol. The fourth-order valence-electron chi connectivity index (χ4n) is 1.88. The lowest BCUT2D eigenvalue weighted by Crippen LogP contribution is -2.18. The Hall–Kier alpha value is -1.06. The lowest BCUT2D eigenvalue weighted by atomic mass is 10.00. The van der Waals surface area contributed by atoms with Gasteiger partial charge in [-0.05, 0) is 45.5 Å². The number of phenolic OH excluding ortho intramolecular Hbond substituents is 1. The first-order chi connectivity index (χ1) is 7.40. The van der Waals surface area contributed by atoms with E-state index in [1.54, 1.807) is 0 Å². The summed E-state index contributed by atoms with van der Waals surface area (Å²) >= 11 is 0. The Labute approximate surface area is 97.9 Å². The summed E-state index contributed by atoms with van der Waals surface area (Å²) in [7, 11) is 3.99. The zero-order valence-corrected chi connectivity index (χ0v) is 10.6. The molecule has 1 rings (SSSR count). The molecule has 0 bridgehead atoms. The molecule has 1 aromatic rings. The molecule has 0 amide bonds. The molecule has 90 valence electrons. The lowest BCUT2D eigenvalue weighted by Gasteiger charge is -2.15. The van der Waals surface area contributed by atoms with Crippen LogP contribution < -0.4 is 5.73 Å². The van der Waals surface area contributed by atoms with Crippen molar-refractivity contribution in [1.29, 1.82) is 0 Å². The van der Waals surface area contributed by atoms with Crippen LogP contribution in [0.4, 0.5) is 0 Å². The van der Waals surface area contributed by atoms with Gasteiger partial charge in [0.2, 0.25) is 0 Å². The summed E-state index contributed by atoms with van der Waals surface area (Å²) in [5, 5.41) is 9.95. The van der Waals surface area contributed by atoms with Gasteiger partial charge in [-0.25, -0.2) is 0 Å². The summed E-state index contributed by atoms with van der Waals surface area (Å²) in [6, 6.07) is 4.21. The van der Waals surface area contributed by atoms with Crippen molar-refractivity contribution in [1.82, 2.24) is 4.90 Å². The molecule has 0 saturated heterocycles. The van der Waals surface area contributed by atoms with Gasteiger partial charge < -0.3 is 15.7 Å². The monoisotopic (exact) mass is 222 g/mol. The highest BCUT2D eigenvalue weighted by Crippen LogP contribution is 2.25. The Morgan fingerprint density at radius 2 is 2.00 bits per heavy atom. The molecule has 1 atom stereocenters. The summed E-state index contributed by atoms with van der Waals surface area (Å²) in [6.45, 7) is 4.67. The first-order valence-corrected chi connectivity index (χ1v) is 5.62. The first-order valence-electron chi connectivity index (χ1n) is 5.62. The molecule has 3 heteroatoms. The smallest absolute Gasteiger partial charge is 0.122 e. The van der Waals surface area contributed by atoms with Gasteiger partial charge in [0.1, 0.15) is 5.75 Å². The van der Waals surface area contributed by atoms with Gasteiger partial charge in [-0.2, -0.15) is 0 Å². The van der Waals surface area contributed by atoms with Gasteiger partial charge >= 0.3 is 0 Å². The highest BCUT2D eigenvalue weighted by molar-refractivity contribution is 5.43. The van der Waals surface area contributed by atoms with Gasteiger partial charge in [-0.15, -0.1) is 0 Å². The summed E-state index contributed by atoms with van der Waals surface area (Å²) < 4.78 is 0. The number of phenols is 1. The summed E-state index contributed by atoms with van der Waals surface area (Å²) in [6.07, 6.45) is 0.849. The van der Waals surface area contributed by atoms with E-state index in [4.69, 9.17) is 5.73 Å². The molecule has 3 nitrogen and oxygen atoms in total. The van der Waals surface area contributed by atoms with Crippen LogP contribution in [0.25, 0.3) is 0 Å². The minimum absolute atomic E-state index is 0.149. The molecule has 0 aliphatic carbocycles. The second-order valence-electron chi connectivity index (χ2n) is 4.84. The second-order valence-corrected chi connectivity index (χ2v) is 4.84. The third-order valence-corrected chi connectivity index (χ3v) is 2.48. The molecule has 0 aliphatic heterocycles. The van der Waals surface area contributed by atoms with Crippen LogP contribution in [0.15, 0.2) is 12.1 Å². The maximum absolute atomic E-state index is 9.95. The van der Waals surface area contributed by atoms with Gasteiger partial charge in [0.05, 0.1) is 0 Å². The number of nitrogens with zero attached hydrogens (tertiary/aromatic N) is 1. The topological polar surface area (TPSA) is 49.5 Å². The van der Waals surface area contributed by atoms with E-state index in [2.05, 4.69) is 0 Å². The van der Waals surface area contributed by atoms with Crippen molar-refractivity contribution in [2.75, 3.05) is 14.1 Å². The third-order valence-electron chi connectivity index (χ3n) is 2.48. The van der Waals surface area contributed by atoms with Crippen molar-refractivity contribution in [2.24, 2.45) is 5.73 Å². The van der Waals surface area contributed by atoms with Crippen LogP contribution in [0.3, 0.4) is 0 Å². The number of aromatic hydroxyl groups is 1. The number of hydrogen-bond donors (Lipinski definition) is 2. The highest BCUT2D eigenvalue weighted by Gasteiger charge is 2.09. The van der Waals surface area contributed by atoms with Crippen LogP contribution in [0.1, 0.15) is 23.6 Å². The number of rotatable bonds is 4. The maximum Gasteiger partial charge on any atom is 0.122 e. The molecular weight excluding hydrogens is 200 g/mol. The zero-order valence-electron chi connectivity index (χ0n) is 10.6. The van der Waals surface area contributed by atoms with E-state index in [1.165, 1.54) is 5.56 Å². The van der Waals surface area contributed by atoms with Crippen molar-refractivity contribution < 1.29 is 5.11 Å². The van der Waals surface area contributed by atoms with Crippen LogP contribution in [0.5, 0.6) is 5.75 Å². The number of aryl methyl sites for hydroxylation is 1. The zero-order chi connectivity index (χ0) is 12.3. The van der Waals surface area contributed by atoms with E-state index in [-0.39, 0.29) is 6.04 Å². The van der Waals surface area contributed by atoms with E-state index in [1.807, 2.05) is 45.0 Å². The summed E-state index contributed by atoms with van der Waals surface area (Å²) in [5.41, 5.74) is 8.89. The molecule has 0 heterocycles.